The molecule has 0 bridgehead atoms. The van der Waals surface area contributed by atoms with Gasteiger partial charge in [-0.3, -0.25) is 0 Å². The summed E-state index contributed by atoms with van der Waals surface area (Å²) in [6.07, 6.45) is 7.07. The molecule has 0 saturated carbocycles. The molecule has 2 rings (SSSR count). The molecule has 1 unspecified atom stereocenters. The van der Waals surface area contributed by atoms with Gasteiger partial charge in [0.1, 0.15) is 5.76 Å². The first-order chi connectivity index (χ1) is 7.38. The van der Waals surface area contributed by atoms with Crippen LogP contribution in [0.2, 0.25) is 0 Å². The molecule has 1 atom stereocenters. The Hall–Kier alpha value is -0.870. The van der Waals surface area contributed by atoms with Crippen molar-refractivity contribution in [3.8, 4) is 0 Å². The largest absolute Gasteiger partial charge is 0.446 e. The van der Waals surface area contributed by atoms with E-state index in [4.69, 9.17) is 14.9 Å². The first-order valence-corrected chi connectivity index (χ1v) is 5.63. The van der Waals surface area contributed by atoms with Gasteiger partial charge in [-0.15, -0.1) is 0 Å². The van der Waals surface area contributed by atoms with E-state index in [2.05, 4.69) is 4.98 Å². The molecule has 15 heavy (non-hydrogen) atoms. The molecule has 84 valence electrons. The van der Waals surface area contributed by atoms with E-state index in [-0.39, 0.29) is 0 Å². The van der Waals surface area contributed by atoms with Crippen LogP contribution in [0, 0.1) is 0 Å². The Morgan fingerprint density at radius 2 is 2.47 bits per heavy atom. The minimum atomic E-state index is 0.334. The molecule has 4 heteroatoms. The number of nitrogens with two attached hydrogens (primary N) is 1. The first kappa shape index (κ1) is 10.6. The van der Waals surface area contributed by atoms with Crippen molar-refractivity contribution in [1.29, 1.82) is 0 Å². The maximum absolute atomic E-state index is 5.60. The second-order valence-corrected chi connectivity index (χ2v) is 3.95. The number of ether oxygens (including phenoxy) is 1. The van der Waals surface area contributed by atoms with Gasteiger partial charge in [0.2, 0.25) is 0 Å². The average Bonchev–Trinajstić information content (AvgIpc) is 2.87. The van der Waals surface area contributed by atoms with Crippen LogP contribution in [0.1, 0.15) is 30.9 Å². The lowest BCUT2D eigenvalue weighted by Gasteiger charge is -2.05. The third-order valence-electron chi connectivity index (χ3n) is 2.65. The van der Waals surface area contributed by atoms with Gasteiger partial charge < -0.3 is 14.9 Å². The lowest BCUT2D eigenvalue weighted by atomic mass is 10.1. The molecule has 2 heterocycles. The highest BCUT2D eigenvalue weighted by Gasteiger charge is 2.17. The molecule has 0 aliphatic carbocycles. The van der Waals surface area contributed by atoms with Crippen LogP contribution in [0.4, 0.5) is 0 Å². The van der Waals surface area contributed by atoms with Crippen LogP contribution in [-0.2, 0) is 17.6 Å². The lowest BCUT2D eigenvalue weighted by Crippen LogP contribution is -2.07. The number of rotatable bonds is 5. The summed E-state index contributed by atoms with van der Waals surface area (Å²) in [7, 11) is 0. The summed E-state index contributed by atoms with van der Waals surface area (Å²) in [6.45, 7) is 1.57. The van der Waals surface area contributed by atoms with Crippen LogP contribution in [0.25, 0.3) is 0 Å². The van der Waals surface area contributed by atoms with Crippen LogP contribution in [0.15, 0.2) is 10.6 Å². The first-order valence-electron chi connectivity index (χ1n) is 5.63. The Bertz CT molecular complexity index is 293. The maximum Gasteiger partial charge on any atom is 0.194 e. The highest BCUT2D eigenvalue weighted by atomic mass is 16.5. The van der Waals surface area contributed by atoms with E-state index in [1.54, 1.807) is 0 Å². The molecule has 0 amide bonds. The van der Waals surface area contributed by atoms with Crippen LogP contribution in [0.3, 0.4) is 0 Å². The van der Waals surface area contributed by atoms with E-state index >= 15 is 0 Å². The molecule has 1 aliphatic heterocycles. The zero-order valence-corrected chi connectivity index (χ0v) is 8.95. The SMILES string of the molecule is NCCCc1ncc(CC2CCCO2)o1. The minimum absolute atomic E-state index is 0.334. The predicted molar refractivity (Wildman–Crippen MR) is 56.6 cm³/mol. The number of nitrogens with zero attached hydrogens (tertiary/aromatic N) is 1. The van der Waals surface area contributed by atoms with Gasteiger partial charge in [0.05, 0.1) is 12.3 Å². The van der Waals surface area contributed by atoms with Crippen molar-refractivity contribution in [2.24, 2.45) is 5.73 Å². The average molecular weight is 210 g/mol. The smallest absolute Gasteiger partial charge is 0.194 e. The molecule has 0 aromatic carbocycles. The number of oxazole rings is 1. The van der Waals surface area contributed by atoms with Gasteiger partial charge in [0.15, 0.2) is 5.89 Å². The second kappa shape index (κ2) is 5.28. The predicted octanol–water partition coefficient (Wildman–Crippen LogP) is 1.29. The quantitative estimate of drug-likeness (QED) is 0.795. The molecule has 1 aromatic heterocycles. The zero-order valence-electron chi connectivity index (χ0n) is 8.95. The van der Waals surface area contributed by atoms with Crippen LogP contribution in [-0.4, -0.2) is 24.2 Å². The van der Waals surface area contributed by atoms with Gasteiger partial charge in [0.25, 0.3) is 0 Å². The van der Waals surface area contributed by atoms with Crippen molar-refractivity contribution in [2.75, 3.05) is 13.2 Å². The van der Waals surface area contributed by atoms with Crippen molar-refractivity contribution in [1.82, 2.24) is 4.98 Å². The summed E-state index contributed by atoms with van der Waals surface area (Å²) in [4.78, 5) is 4.22. The normalized spacial score (nSPS) is 21.0. The summed E-state index contributed by atoms with van der Waals surface area (Å²) >= 11 is 0. The van der Waals surface area contributed by atoms with Crippen molar-refractivity contribution >= 4 is 0 Å². The fourth-order valence-corrected chi connectivity index (χ4v) is 1.84. The van der Waals surface area contributed by atoms with Crippen molar-refractivity contribution in [3.05, 3.63) is 17.8 Å². The molecule has 1 aromatic rings. The summed E-state index contributed by atoms with van der Waals surface area (Å²) in [5.41, 5.74) is 5.43. The van der Waals surface area contributed by atoms with E-state index < -0.39 is 0 Å². The molecule has 1 aliphatic rings. The third kappa shape index (κ3) is 3.04. The van der Waals surface area contributed by atoms with E-state index in [1.807, 2.05) is 6.20 Å². The Labute approximate surface area is 89.8 Å². The Balaban J connectivity index is 1.83. The molecular weight excluding hydrogens is 192 g/mol. The van der Waals surface area contributed by atoms with E-state index in [9.17, 15) is 0 Å². The molecule has 1 fully saturated rings. The fourth-order valence-electron chi connectivity index (χ4n) is 1.84. The van der Waals surface area contributed by atoms with Crippen molar-refractivity contribution in [3.63, 3.8) is 0 Å². The van der Waals surface area contributed by atoms with Crippen molar-refractivity contribution < 1.29 is 9.15 Å². The fraction of sp³-hybridized carbons (Fsp3) is 0.727. The van der Waals surface area contributed by atoms with Gasteiger partial charge in [-0.05, 0) is 25.8 Å². The summed E-state index contributed by atoms with van der Waals surface area (Å²) in [5, 5.41) is 0. The van der Waals surface area contributed by atoms with Gasteiger partial charge in [0, 0.05) is 19.4 Å². The highest BCUT2D eigenvalue weighted by molar-refractivity contribution is 4.97. The monoisotopic (exact) mass is 210 g/mol. The molecule has 4 nitrogen and oxygen atoms in total. The number of aromatic nitrogens is 1. The van der Waals surface area contributed by atoms with Crippen LogP contribution < -0.4 is 5.73 Å². The Morgan fingerprint density at radius 1 is 1.53 bits per heavy atom. The van der Waals surface area contributed by atoms with Gasteiger partial charge >= 0.3 is 0 Å². The lowest BCUT2D eigenvalue weighted by molar-refractivity contribution is 0.106. The second-order valence-electron chi connectivity index (χ2n) is 3.95. The minimum Gasteiger partial charge on any atom is -0.446 e. The summed E-state index contributed by atoms with van der Waals surface area (Å²) in [6, 6.07) is 0. The van der Waals surface area contributed by atoms with Crippen molar-refractivity contribution in [2.45, 2.75) is 38.2 Å². The van der Waals surface area contributed by atoms with E-state index in [0.717, 1.165) is 43.9 Å². The maximum atomic E-state index is 5.60. The standard InChI is InChI=1S/C11H18N2O2/c12-5-1-4-11-13-8-10(15-11)7-9-3-2-6-14-9/h8-9H,1-7,12H2. The highest BCUT2D eigenvalue weighted by Crippen LogP contribution is 2.17. The zero-order chi connectivity index (χ0) is 10.5. The Kier molecular flexibility index (Phi) is 3.75. The van der Waals surface area contributed by atoms with Gasteiger partial charge in [-0.2, -0.15) is 0 Å². The topological polar surface area (TPSA) is 61.3 Å². The number of hydrogen-bond acceptors (Lipinski definition) is 4. The molecule has 2 N–H and O–H groups in total. The third-order valence-corrected chi connectivity index (χ3v) is 2.65. The number of hydrogen-bond donors (Lipinski definition) is 1. The molecule has 0 radical (unpaired) electrons. The van der Waals surface area contributed by atoms with E-state index in [0.29, 0.717) is 12.6 Å². The summed E-state index contributed by atoms with van der Waals surface area (Å²) in [5.74, 6) is 1.74. The Morgan fingerprint density at radius 3 is 3.20 bits per heavy atom. The molecule has 0 spiro atoms. The number of aryl methyl sites for hydroxylation is 1. The molecular formula is C11H18N2O2. The summed E-state index contributed by atoms with van der Waals surface area (Å²) < 4.78 is 11.1. The van der Waals surface area contributed by atoms with Crippen LogP contribution in [0.5, 0.6) is 0 Å². The van der Waals surface area contributed by atoms with E-state index in [1.165, 1.54) is 6.42 Å². The van der Waals surface area contributed by atoms with Crippen LogP contribution >= 0.6 is 0 Å². The van der Waals surface area contributed by atoms with Gasteiger partial charge in [-0.25, -0.2) is 4.98 Å². The van der Waals surface area contributed by atoms with Gasteiger partial charge in [-0.1, -0.05) is 0 Å². The molecule has 1 saturated heterocycles.